The minimum Gasteiger partial charge on any atom is -0.516 e. The van der Waals surface area contributed by atoms with Gasteiger partial charge in [-0.2, -0.15) is 0 Å². The first-order chi connectivity index (χ1) is 12.4. The number of unbranched alkanes of at least 4 members (excludes halogenated alkanes) is 19. The van der Waals surface area contributed by atoms with Crippen LogP contribution in [-0.4, -0.2) is 16.8 Å². The summed E-state index contributed by atoms with van der Waals surface area (Å²) in [5.74, 6) is 0. The molecule has 0 bridgehead atoms. The molecule has 0 aliphatic heterocycles. The highest BCUT2D eigenvalue weighted by Crippen LogP contribution is 2.14. The van der Waals surface area contributed by atoms with E-state index in [-0.39, 0.29) is 0 Å². The highest BCUT2D eigenvalue weighted by Gasteiger charge is 1.95. The molecule has 0 aromatic carbocycles. The van der Waals surface area contributed by atoms with E-state index in [2.05, 4.69) is 0 Å². The maximum Gasteiger partial charge on any atom is 0.0751 e. The Labute approximate surface area is 158 Å². The Morgan fingerprint density at radius 1 is 0.400 bits per heavy atom. The Kier molecular flexibility index (Phi) is 23.0. The first kappa shape index (κ1) is 24.5. The molecular weight excluding hydrogens is 308 g/mol. The fraction of sp³-hybridized carbons (Fsp3) is 0.913. The van der Waals surface area contributed by atoms with Crippen LogP contribution in [0.2, 0.25) is 0 Å². The molecular formula is C23H46O2. The first-order valence-corrected chi connectivity index (χ1v) is 11.3. The summed E-state index contributed by atoms with van der Waals surface area (Å²) in [6, 6.07) is 0. The van der Waals surface area contributed by atoms with E-state index in [9.17, 15) is 0 Å². The van der Waals surface area contributed by atoms with Gasteiger partial charge in [-0.3, -0.25) is 0 Å². The van der Waals surface area contributed by atoms with Crippen LogP contribution in [0.25, 0.3) is 0 Å². The van der Waals surface area contributed by atoms with E-state index in [0.29, 0.717) is 6.61 Å². The molecule has 0 atom stereocenters. The average molecular weight is 355 g/mol. The molecule has 25 heavy (non-hydrogen) atoms. The zero-order chi connectivity index (χ0) is 18.3. The SMILES string of the molecule is OC=CCCCCCCCCCCCCCCCCCCCCCO. The number of hydrogen-bond donors (Lipinski definition) is 2. The maximum atomic E-state index is 8.72. The van der Waals surface area contributed by atoms with Gasteiger partial charge in [0.1, 0.15) is 0 Å². The third kappa shape index (κ3) is 23.5. The summed E-state index contributed by atoms with van der Waals surface area (Å²) >= 11 is 0. The number of hydrogen-bond acceptors (Lipinski definition) is 2. The first-order valence-electron chi connectivity index (χ1n) is 11.3. The molecule has 0 aliphatic rings. The van der Waals surface area contributed by atoms with Crippen LogP contribution in [0, 0.1) is 0 Å². The van der Waals surface area contributed by atoms with Crippen LogP contribution in [0.4, 0.5) is 0 Å². The number of rotatable bonds is 21. The lowest BCUT2D eigenvalue weighted by Gasteiger charge is -2.04. The summed E-state index contributed by atoms with van der Waals surface area (Å²) in [6.07, 6.45) is 29.9. The minimum atomic E-state index is 0.365. The van der Waals surface area contributed by atoms with Crippen molar-refractivity contribution in [2.24, 2.45) is 0 Å². The van der Waals surface area contributed by atoms with E-state index >= 15 is 0 Å². The molecule has 0 amide bonds. The molecule has 2 heteroatoms. The quantitative estimate of drug-likeness (QED) is 0.163. The van der Waals surface area contributed by atoms with Crippen LogP contribution in [0.5, 0.6) is 0 Å². The fourth-order valence-electron chi connectivity index (χ4n) is 3.45. The summed E-state index contributed by atoms with van der Waals surface area (Å²) < 4.78 is 0. The van der Waals surface area contributed by atoms with Crippen molar-refractivity contribution in [3.8, 4) is 0 Å². The number of allylic oxidation sites excluding steroid dienone is 1. The molecule has 2 nitrogen and oxygen atoms in total. The third-order valence-electron chi connectivity index (χ3n) is 5.13. The van der Waals surface area contributed by atoms with E-state index in [4.69, 9.17) is 10.2 Å². The molecule has 0 fully saturated rings. The largest absolute Gasteiger partial charge is 0.516 e. The van der Waals surface area contributed by atoms with Crippen LogP contribution in [0.3, 0.4) is 0 Å². The predicted molar refractivity (Wildman–Crippen MR) is 111 cm³/mol. The molecule has 0 aromatic heterocycles. The Bertz CT molecular complexity index is 250. The molecule has 2 N–H and O–H groups in total. The molecule has 0 aliphatic carbocycles. The van der Waals surface area contributed by atoms with Crippen molar-refractivity contribution in [3.63, 3.8) is 0 Å². The highest BCUT2D eigenvalue weighted by atomic mass is 16.3. The molecule has 0 spiro atoms. The van der Waals surface area contributed by atoms with Crippen molar-refractivity contribution in [3.05, 3.63) is 12.3 Å². The molecule has 0 radical (unpaired) electrons. The monoisotopic (exact) mass is 354 g/mol. The number of aliphatic hydroxyl groups is 2. The lowest BCUT2D eigenvalue weighted by atomic mass is 10.0. The van der Waals surface area contributed by atoms with Crippen LogP contribution in [0.15, 0.2) is 12.3 Å². The molecule has 0 rings (SSSR count). The van der Waals surface area contributed by atoms with Crippen molar-refractivity contribution in [1.82, 2.24) is 0 Å². The smallest absolute Gasteiger partial charge is 0.0751 e. The predicted octanol–water partition coefficient (Wildman–Crippen LogP) is 7.85. The zero-order valence-corrected chi connectivity index (χ0v) is 16.9. The average Bonchev–Trinajstić information content (AvgIpc) is 2.63. The van der Waals surface area contributed by atoms with Crippen molar-refractivity contribution in [1.29, 1.82) is 0 Å². The summed E-state index contributed by atoms with van der Waals surface area (Å²) in [4.78, 5) is 0. The Hall–Kier alpha value is -0.500. The molecule has 0 saturated heterocycles. The van der Waals surface area contributed by atoms with Crippen LogP contribution in [-0.2, 0) is 0 Å². The summed E-state index contributed by atoms with van der Waals surface area (Å²) in [5.41, 5.74) is 0. The van der Waals surface area contributed by atoms with E-state index < -0.39 is 0 Å². The van der Waals surface area contributed by atoms with E-state index in [0.717, 1.165) is 12.8 Å². The van der Waals surface area contributed by atoms with E-state index in [1.807, 2.05) is 6.08 Å². The topological polar surface area (TPSA) is 40.5 Å². The minimum absolute atomic E-state index is 0.365. The fourth-order valence-corrected chi connectivity index (χ4v) is 3.45. The Balaban J connectivity index is 2.96. The maximum absolute atomic E-state index is 8.72. The van der Waals surface area contributed by atoms with Gasteiger partial charge in [-0.1, -0.05) is 115 Å². The third-order valence-corrected chi connectivity index (χ3v) is 5.13. The van der Waals surface area contributed by atoms with Gasteiger partial charge in [-0.15, -0.1) is 0 Å². The van der Waals surface area contributed by atoms with Gasteiger partial charge in [0.2, 0.25) is 0 Å². The van der Waals surface area contributed by atoms with Gasteiger partial charge in [0.25, 0.3) is 0 Å². The molecule has 0 saturated carbocycles. The second-order valence-corrected chi connectivity index (χ2v) is 7.61. The van der Waals surface area contributed by atoms with E-state index in [1.165, 1.54) is 122 Å². The lowest BCUT2D eigenvalue weighted by Crippen LogP contribution is -1.85. The highest BCUT2D eigenvalue weighted by molar-refractivity contribution is 4.70. The zero-order valence-electron chi connectivity index (χ0n) is 16.9. The molecule has 0 aromatic rings. The second kappa shape index (κ2) is 23.5. The molecule has 150 valence electrons. The Morgan fingerprint density at radius 2 is 0.680 bits per heavy atom. The van der Waals surface area contributed by atoms with Gasteiger partial charge in [0.15, 0.2) is 0 Å². The second-order valence-electron chi connectivity index (χ2n) is 7.61. The summed E-state index contributed by atoms with van der Waals surface area (Å²) in [6.45, 7) is 0.365. The summed E-state index contributed by atoms with van der Waals surface area (Å²) in [5, 5.41) is 17.3. The van der Waals surface area contributed by atoms with Gasteiger partial charge in [0.05, 0.1) is 6.26 Å². The van der Waals surface area contributed by atoms with Crippen LogP contribution >= 0.6 is 0 Å². The molecule has 0 unspecified atom stereocenters. The van der Waals surface area contributed by atoms with Gasteiger partial charge in [-0.25, -0.2) is 0 Å². The summed E-state index contributed by atoms with van der Waals surface area (Å²) in [7, 11) is 0. The van der Waals surface area contributed by atoms with Gasteiger partial charge in [0, 0.05) is 6.61 Å². The van der Waals surface area contributed by atoms with Crippen LogP contribution in [0.1, 0.15) is 128 Å². The Morgan fingerprint density at radius 3 is 0.960 bits per heavy atom. The van der Waals surface area contributed by atoms with Gasteiger partial charge in [-0.05, 0) is 19.3 Å². The van der Waals surface area contributed by atoms with Gasteiger partial charge < -0.3 is 10.2 Å². The normalized spacial score (nSPS) is 11.6. The van der Waals surface area contributed by atoms with Crippen LogP contribution < -0.4 is 0 Å². The molecule has 0 heterocycles. The lowest BCUT2D eigenvalue weighted by molar-refractivity contribution is 0.282. The standard InChI is InChI=1S/C23H46O2/c24-22-20-18-16-14-12-10-8-6-4-2-1-3-5-7-9-11-13-15-17-19-21-23-25/h20,22,24-25H,1-19,21,23H2. The number of aliphatic hydroxyl groups excluding tert-OH is 2. The van der Waals surface area contributed by atoms with E-state index in [1.54, 1.807) is 0 Å². The van der Waals surface area contributed by atoms with Crippen molar-refractivity contribution >= 4 is 0 Å². The van der Waals surface area contributed by atoms with Crippen molar-refractivity contribution < 1.29 is 10.2 Å². The van der Waals surface area contributed by atoms with Gasteiger partial charge >= 0.3 is 0 Å². The van der Waals surface area contributed by atoms with Crippen molar-refractivity contribution in [2.45, 2.75) is 128 Å². The van der Waals surface area contributed by atoms with Crippen molar-refractivity contribution in [2.75, 3.05) is 6.61 Å².